The Bertz CT molecular complexity index is 964. The van der Waals surface area contributed by atoms with Gasteiger partial charge in [0.05, 0.1) is 23.0 Å². The van der Waals surface area contributed by atoms with Gasteiger partial charge in [-0.3, -0.25) is 9.48 Å². The Morgan fingerprint density at radius 1 is 1.31 bits per heavy atom. The molecule has 2 aromatic heterocycles. The van der Waals surface area contributed by atoms with Gasteiger partial charge in [0.15, 0.2) is 0 Å². The third-order valence-corrected chi connectivity index (χ3v) is 4.91. The fourth-order valence-electron chi connectivity index (χ4n) is 3.42. The van der Waals surface area contributed by atoms with Crippen LogP contribution in [0.4, 0.5) is 0 Å². The van der Waals surface area contributed by atoms with Gasteiger partial charge in [-0.2, -0.15) is 5.10 Å². The fraction of sp³-hybridized carbons (Fsp3) is 0.316. The van der Waals surface area contributed by atoms with E-state index in [4.69, 9.17) is 0 Å². The summed E-state index contributed by atoms with van der Waals surface area (Å²) in [5.41, 5.74) is 4.04. The molecule has 26 heavy (non-hydrogen) atoms. The lowest BCUT2D eigenvalue weighted by atomic mass is 10.0. The topological polar surface area (TPSA) is 83.3 Å². The molecule has 134 valence electrons. The molecule has 1 atom stereocenters. The molecular formula is C19H21N5O2. The molecule has 1 aliphatic rings. The monoisotopic (exact) mass is 351 g/mol. The first-order valence-corrected chi connectivity index (χ1v) is 8.64. The average molecular weight is 351 g/mol. The van der Waals surface area contributed by atoms with E-state index in [2.05, 4.69) is 15.4 Å². The molecule has 3 heterocycles. The molecule has 0 radical (unpaired) electrons. The smallest absolute Gasteiger partial charge is 0.255 e. The van der Waals surface area contributed by atoms with Crippen molar-refractivity contribution in [2.24, 2.45) is 7.05 Å². The lowest BCUT2D eigenvalue weighted by Crippen LogP contribution is -2.48. The van der Waals surface area contributed by atoms with Crippen molar-refractivity contribution in [3.8, 4) is 5.75 Å². The molecule has 0 aliphatic carbocycles. The van der Waals surface area contributed by atoms with Crippen LogP contribution in [0.2, 0.25) is 0 Å². The number of aromatic hydroxyl groups is 1. The number of rotatable bonds is 2. The van der Waals surface area contributed by atoms with Crippen molar-refractivity contribution in [1.82, 2.24) is 25.0 Å². The number of phenolic OH excluding ortho intramolecular Hbond substituents is 1. The number of aromatic nitrogens is 3. The fourth-order valence-corrected chi connectivity index (χ4v) is 3.42. The van der Waals surface area contributed by atoms with Crippen molar-refractivity contribution in [3.63, 3.8) is 0 Å². The second-order valence-electron chi connectivity index (χ2n) is 6.64. The number of fused-ring (bicyclic) bond motifs is 1. The van der Waals surface area contributed by atoms with Crippen molar-refractivity contribution >= 4 is 16.9 Å². The van der Waals surface area contributed by atoms with Crippen LogP contribution >= 0.6 is 0 Å². The zero-order valence-electron chi connectivity index (χ0n) is 14.8. The second kappa shape index (κ2) is 6.42. The summed E-state index contributed by atoms with van der Waals surface area (Å²) in [6.45, 7) is 3.81. The van der Waals surface area contributed by atoms with Gasteiger partial charge in [-0.05, 0) is 30.7 Å². The number of phenols is 1. The molecular weight excluding hydrogens is 330 g/mol. The number of nitrogens with one attached hydrogen (secondary N) is 1. The molecule has 7 heteroatoms. The normalized spacial score (nSPS) is 17.6. The lowest BCUT2D eigenvalue weighted by Gasteiger charge is -2.34. The molecule has 4 rings (SSSR count). The van der Waals surface area contributed by atoms with E-state index >= 15 is 0 Å². The minimum absolute atomic E-state index is 0.0108. The van der Waals surface area contributed by atoms with Gasteiger partial charge in [-0.15, -0.1) is 0 Å². The summed E-state index contributed by atoms with van der Waals surface area (Å²) in [6, 6.07) is 9.03. The first kappa shape index (κ1) is 16.5. The summed E-state index contributed by atoms with van der Waals surface area (Å²) in [7, 11) is 1.85. The van der Waals surface area contributed by atoms with Crippen molar-refractivity contribution in [3.05, 3.63) is 53.3 Å². The predicted molar refractivity (Wildman–Crippen MR) is 98.0 cm³/mol. The molecule has 1 unspecified atom stereocenters. The van der Waals surface area contributed by atoms with Gasteiger partial charge in [-0.1, -0.05) is 12.1 Å². The van der Waals surface area contributed by atoms with Crippen LogP contribution in [0.15, 0.2) is 36.5 Å². The number of hydrogen-bond donors (Lipinski definition) is 2. The predicted octanol–water partition coefficient (Wildman–Crippen LogP) is 1.77. The maximum atomic E-state index is 13.1. The standard InChI is InChI=1S/C19H21N5O2/c1-12-15(9-18-16(22-12)10-21-23(18)2)19(26)24-8-7-20-17(11-24)13-3-5-14(25)6-4-13/h3-6,9-10,17,20,25H,7-8,11H2,1-2H3. The number of carbonyl (C=O) groups excluding carboxylic acids is 1. The van der Waals surface area contributed by atoms with Crippen LogP contribution in [0.3, 0.4) is 0 Å². The number of aryl methyl sites for hydroxylation is 2. The van der Waals surface area contributed by atoms with Crippen molar-refractivity contribution in [1.29, 1.82) is 0 Å². The van der Waals surface area contributed by atoms with Crippen molar-refractivity contribution < 1.29 is 9.90 Å². The molecule has 1 saturated heterocycles. The van der Waals surface area contributed by atoms with Crippen LogP contribution in [0.5, 0.6) is 5.75 Å². The number of nitrogens with zero attached hydrogens (tertiary/aromatic N) is 4. The average Bonchev–Trinajstić information content (AvgIpc) is 3.01. The quantitative estimate of drug-likeness (QED) is 0.735. The largest absolute Gasteiger partial charge is 0.508 e. The Hall–Kier alpha value is -2.93. The van der Waals surface area contributed by atoms with Crippen LogP contribution < -0.4 is 5.32 Å². The van der Waals surface area contributed by atoms with Gasteiger partial charge in [-0.25, -0.2) is 4.98 Å². The SMILES string of the molecule is Cc1nc2cnn(C)c2cc1C(=O)N1CCNC(c2ccc(O)cc2)C1. The Labute approximate surface area is 151 Å². The number of benzene rings is 1. The maximum Gasteiger partial charge on any atom is 0.255 e. The van der Waals surface area contributed by atoms with E-state index in [-0.39, 0.29) is 17.7 Å². The van der Waals surface area contributed by atoms with Crippen LogP contribution in [-0.2, 0) is 7.05 Å². The first-order valence-electron chi connectivity index (χ1n) is 8.64. The molecule has 0 bridgehead atoms. The van der Waals surface area contributed by atoms with E-state index in [0.29, 0.717) is 18.7 Å². The molecule has 0 spiro atoms. The minimum atomic E-state index is -0.0108. The molecule has 1 aromatic carbocycles. The summed E-state index contributed by atoms with van der Waals surface area (Å²) in [5, 5.41) is 17.1. The number of amides is 1. The van der Waals surface area contributed by atoms with E-state index in [1.807, 2.05) is 37.1 Å². The van der Waals surface area contributed by atoms with E-state index in [1.54, 1.807) is 23.0 Å². The zero-order chi connectivity index (χ0) is 18.3. The Morgan fingerprint density at radius 3 is 2.85 bits per heavy atom. The summed E-state index contributed by atoms with van der Waals surface area (Å²) < 4.78 is 1.73. The summed E-state index contributed by atoms with van der Waals surface area (Å²) >= 11 is 0. The Morgan fingerprint density at radius 2 is 2.08 bits per heavy atom. The van der Waals surface area contributed by atoms with E-state index in [0.717, 1.165) is 28.8 Å². The minimum Gasteiger partial charge on any atom is -0.508 e. The molecule has 0 saturated carbocycles. The molecule has 3 aromatic rings. The molecule has 2 N–H and O–H groups in total. The number of hydrogen-bond acceptors (Lipinski definition) is 5. The molecule has 1 aliphatic heterocycles. The summed E-state index contributed by atoms with van der Waals surface area (Å²) in [4.78, 5) is 19.5. The van der Waals surface area contributed by atoms with Gasteiger partial charge in [0.1, 0.15) is 11.3 Å². The van der Waals surface area contributed by atoms with Crippen LogP contribution in [0, 0.1) is 6.92 Å². The molecule has 7 nitrogen and oxygen atoms in total. The van der Waals surface area contributed by atoms with Gasteiger partial charge >= 0.3 is 0 Å². The highest BCUT2D eigenvalue weighted by atomic mass is 16.3. The Balaban J connectivity index is 1.60. The Kier molecular flexibility index (Phi) is 4.08. The molecule has 1 amide bonds. The molecule has 1 fully saturated rings. The number of pyridine rings is 1. The van der Waals surface area contributed by atoms with Crippen LogP contribution in [0.1, 0.15) is 27.7 Å². The second-order valence-corrected chi connectivity index (χ2v) is 6.64. The van der Waals surface area contributed by atoms with E-state index in [1.165, 1.54) is 0 Å². The highest BCUT2D eigenvalue weighted by Crippen LogP contribution is 2.23. The maximum absolute atomic E-state index is 13.1. The van der Waals surface area contributed by atoms with Crippen LogP contribution in [-0.4, -0.2) is 50.3 Å². The summed E-state index contributed by atoms with van der Waals surface area (Å²) in [6.07, 6.45) is 1.71. The van der Waals surface area contributed by atoms with Gasteiger partial charge in [0.25, 0.3) is 5.91 Å². The van der Waals surface area contributed by atoms with Gasteiger partial charge in [0.2, 0.25) is 0 Å². The lowest BCUT2D eigenvalue weighted by molar-refractivity contribution is 0.0702. The highest BCUT2D eigenvalue weighted by Gasteiger charge is 2.26. The third kappa shape index (κ3) is 2.90. The van der Waals surface area contributed by atoms with Crippen molar-refractivity contribution in [2.45, 2.75) is 13.0 Å². The number of carbonyl (C=O) groups is 1. The van der Waals surface area contributed by atoms with Crippen LogP contribution in [0.25, 0.3) is 11.0 Å². The first-order chi connectivity index (χ1) is 12.5. The summed E-state index contributed by atoms with van der Waals surface area (Å²) in [5.74, 6) is 0.229. The van der Waals surface area contributed by atoms with Gasteiger partial charge < -0.3 is 15.3 Å². The van der Waals surface area contributed by atoms with E-state index in [9.17, 15) is 9.90 Å². The highest BCUT2D eigenvalue weighted by molar-refractivity contribution is 5.98. The number of piperazine rings is 1. The van der Waals surface area contributed by atoms with E-state index < -0.39 is 0 Å². The third-order valence-electron chi connectivity index (χ3n) is 4.91. The van der Waals surface area contributed by atoms with Crippen molar-refractivity contribution in [2.75, 3.05) is 19.6 Å². The zero-order valence-corrected chi connectivity index (χ0v) is 14.8. The van der Waals surface area contributed by atoms with Gasteiger partial charge in [0, 0.05) is 32.7 Å².